The number of halogens is 2. The largest absolute Gasteiger partial charge is 0.291 e. The number of aromatic nitrogens is 3. The van der Waals surface area contributed by atoms with Gasteiger partial charge in [-0.3, -0.25) is 4.57 Å². The Kier molecular flexibility index (Phi) is 4.49. The molecule has 0 bridgehead atoms. The molecule has 0 saturated carbocycles. The van der Waals surface area contributed by atoms with Gasteiger partial charge in [0.2, 0.25) is 0 Å². The smallest absolute Gasteiger partial charge is 0.273 e. The van der Waals surface area contributed by atoms with Gasteiger partial charge in [0.15, 0.2) is 5.82 Å². The molecule has 0 unspecified atom stereocenters. The predicted octanol–water partition coefficient (Wildman–Crippen LogP) is 2.71. The maximum absolute atomic E-state index is 11.7. The molecule has 0 atom stereocenters. The van der Waals surface area contributed by atoms with Gasteiger partial charge in [-0.2, -0.15) is 0 Å². The van der Waals surface area contributed by atoms with Crippen LogP contribution < -0.4 is 5.14 Å². The Morgan fingerprint density at radius 3 is 2.43 bits per heavy atom. The summed E-state index contributed by atoms with van der Waals surface area (Å²) in [7, 11) is -3.95. The van der Waals surface area contributed by atoms with E-state index in [2.05, 4.69) is 48.7 Å². The summed E-state index contributed by atoms with van der Waals surface area (Å²) in [6.07, 6.45) is 0. The van der Waals surface area contributed by atoms with E-state index in [1.807, 2.05) is 39.0 Å². The number of primary sulfonamides is 1. The van der Waals surface area contributed by atoms with Gasteiger partial charge in [0, 0.05) is 19.1 Å². The first kappa shape index (κ1) is 16.8. The van der Waals surface area contributed by atoms with Crippen LogP contribution in [0.3, 0.4) is 0 Å². The first-order valence-corrected chi connectivity index (χ1v) is 9.38. The Morgan fingerprint density at radius 1 is 1.29 bits per heavy atom. The molecule has 1 heterocycles. The minimum absolute atomic E-state index is 0.235. The van der Waals surface area contributed by atoms with Gasteiger partial charge in [-0.05, 0) is 61.6 Å². The molecule has 2 rings (SSSR count). The highest BCUT2D eigenvalue weighted by Crippen LogP contribution is 2.32. The van der Waals surface area contributed by atoms with Crippen LogP contribution in [0.25, 0.3) is 11.4 Å². The second kappa shape index (κ2) is 5.60. The standard InChI is InChI=1S/C12H14BrIN4O2S/c1-12(2,3)18-10(16-17-11(18)21(15,19)20)8-6-7(13)4-5-9(8)14/h4-6H,1-3H3,(H2,15,19,20). The minimum Gasteiger partial charge on any atom is -0.291 e. The average Bonchev–Trinajstić information content (AvgIpc) is 2.76. The quantitative estimate of drug-likeness (QED) is 0.663. The molecule has 114 valence electrons. The Morgan fingerprint density at radius 2 is 1.90 bits per heavy atom. The molecule has 2 N–H and O–H groups in total. The van der Waals surface area contributed by atoms with Crippen molar-refractivity contribution in [2.24, 2.45) is 5.14 Å². The van der Waals surface area contributed by atoms with E-state index in [9.17, 15) is 8.42 Å². The van der Waals surface area contributed by atoms with E-state index in [0.717, 1.165) is 13.6 Å². The van der Waals surface area contributed by atoms with E-state index in [1.165, 1.54) is 0 Å². The van der Waals surface area contributed by atoms with Crippen LogP contribution in [0.15, 0.2) is 27.8 Å². The van der Waals surface area contributed by atoms with Gasteiger partial charge >= 0.3 is 0 Å². The van der Waals surface area contributed by atoms with E-state index >= 15 is 0 Å². The van der Waals surface area contributed by atoms with E-state index in [-0.39, 0.29) is 5.16 Å². The number of rotatable bonds is 2. The zero-order chi connectivity index (χ0) is 16.0. The predicted molar refractivity (Wildman–Crippen MR) is 92.2 cm³/mol. The highest BCUT2D eigenvalue weighted by atomic mass is 127. The van der Waals surface area contributed by atoms with Crippen LogP contribution in [0, 0.1) is 3.57 Å². The van der Waals surface area contributed by atoms with Crippen molar-refractivity contribution in [3.8, 4) is 11.4 Å². The Labute approximate surface area is 145 Å². The van der Waals surface area contributed by atoms with Crippen molar-refractivity contribution in [2.75, 3.05) is 0 Å². The molecule has 6 nitrogen and oxygen atoms in total. The molecule has 0 amide bonds. The molecule has 2 aromatic rings. The maximum atomic E-state index is 11.7. The van der Waals surface area contributed by atoms with Crippen LogP contribution in [-0.4, -0.2) is 23.2 Å². The summed E-state index contributed by atoms with van der Waals surface area (Å²) >= 11 is 5.58. The third-order valence-electron chi connectivity index (χ3n) is 2.73. The molecule has 0 radical (unpaired) electrons. The van der Waals surface area contributed by atoms with Crippen molar-refractivity contribution in [3.63, 3.8) is 0 Å². The third kappa shape index (κ3) is 3.46. The van der Waals surface area contributed by atoms with Crippen LogP contribution in [0.2, 0.25) is 0 Å². The van der Waals surface area contributed by atoms with Crippen molar-refractivity contribution in [1.82, 2.24) is 14.8 Å². The van der Waals surface area contributed by atoms with Crippen molar-refractivity contribution < 1.29 is 8.42 Å². The van der Waals surface area contributed by atoms with E-state index in [4.69, 9.17) is 5.14 Å². The molecule has 0 aliphatic carbocycles. The number of sulfonamides is 1. The molecule has 1 aromatic carbocycles. The number of nitrogens with two attached hydrogens (primary N) is 1. The fourth-order valence-electron chi connectivity index (χ4n) is 1.90. The molecule has 9 heteroatoms. The summed E-state index contributed by atoms with van der Waals surface area (Å²) in [6.45, 7) is 5.62. The zero-order valence-electron chi connectivity index (χ0n) is 11.6. The summed E-state index contributed by atoms with van der Waals surface area (Å²) in [4.78, 5) is 0. The summed E-state index contributed by atoms with van der Waals surface area (Å²) in [6, 6.07) is 5.70. The Bertz CT molecular complexity index is 796. The molecular formula is C12H14BrIN4O2S. The number of benzene rings is 1. The Hall–Kier alpha value is -0.520. The summed E-state index contributed by atoms with van der Waals surface area (Å²) < 4.78 is 26.8. The molecule has 0 aliphatic rings. The average molecular weight is 485 g/mol. The lowest BCUT2D eigenvalue weighted by molar-refractivity contribution is 0.366. The Balaban J connectivity index is 2.83. The zero-order valence-corrected chi connectivity index (χ0v) is 16.2. The van der Waals surface area contributed by atoms with Crippen LogP contribution in [0.1, 0.15) is 20.8 Å². The topological polar surface area (TPSA) is 90.9 Å². The number of hydrogen-bond acceptors (Lipinski definition) is 4. The van der Waals surface area contributed by atoms with Crippen molar-refractivity contribution in [1.29, 1.82) is 0 Å². The summed E-state index contributed by atoms with van der Waals surface area (Å²) in [5.74, 6) is 0.470. The van der Waals surface area contributed by atoms with Gasteiger partial charge in [0.25, 0.3) is 15.2 Å². The van der Waals surface area contributed by atoms with E-state index in [0.29, 0.717) is 5.82 Å². The summed E-state index contributed by atoms with van der Waals surface area (Å²) in [5.41, 5.74) is 0.258. The molecule has 0 aliphatic heterocycles. The second-order valence-electron chi connectivity index (χ2n) is 5.48. The lowest BCUT2D eigenvalue weighted by atomic mass is 10.1. The monoisotopic (exact) mass is 484 g/mol. The fourth-order valence-corrected chi connectivity index (χ4v) is 3.61. The van der Waals surface area contributed by atoms with Gasteiger partial charge in [-0.15, -0.1) is 10.2 Å². The van der Waals surface area contributed by atoms with Crippen molar-refractivity contribution in [3.05, 3.63) is 26.2 Å². The minimum atomic E-state index is -3.95. The van der Waals surface area contributed by atoms with E-state index in [1.54, 1.807) is 4.57 Å². The van der Waals surface area contributed by atoms with E-state index < -0.39 is 15.6 Å². The molecule has 21 heavy (non-hydrogen) atoms. The lowest BCUT2D eigenvalue weighted by Gasteiger charge is -2.24. The SMILES string of the molecule is CC(C)(C)n1c(-c2cc(Br)ccc2I)nnc1S(N)(=O)=O. The maximum Gasteiger partial charge on any atom is 0.273 e. The first-order valence-electron chi connectivity index (χ1n) is 5.96. The molecular weight excluding hydrogens is 471 g/mol. The number of hydrogen-bond donors (Lipinski definition) is 1. The fraction of sp³-hybridized carbons (Fsp3) is 0.333. The third-order valence-corrected chi connectivity index (χ3v) is 4.94. The lowest BCUT2D eigenvalue weighted by Crippen LogP contribution is -2.29. The second-order valence-corrected chi connectivity index (χ2v) is 9.01. The van der Waals surface area contributed by atoms with Gasteiger partial charge in [0.05, 0.1) is 0 Å². The normalized spacial score (nSPS) is 12.7. The molecule has 0 spiro atoms. The molecule has 0 saturated heterocycles. The number of nitrogens with zero attached hydrogens (tertiary/aromatic N) is 3. The van der Waals surface area contributed by atoms with Crippen LogP contribution >= 0.6 is 38.5 Å². The highest BCUT2D eigenvalue weighted by molar-refractivity contribution is 14.1. The van der Waals surface area contributed by atoms with Gasteiger partial charge < -0.3 is 0 Å². The first-order chi connectivity index (χ1) is 9.51. The van der Waals surface area contributed by atoms with Crippen LogP contribution in [0.4, 0.5) is 0 Å². The summed E-state index contributed by atoms with van der Waals surface area (Å²) in [5, 5.41) is 12.8. The highest BCUT2D eigenvalue weighted by Gasteiger charge is 2.30. The van der Waals surface area contributed by atoms with Crippen molar-refractivity contribution >= 4 is 48.5 Å². The van der Waals surface area contributed by atoms with Crippen LogP contribution in [-0.2, 0) is 15.6 Å². The van der Waals surface area contributed by atoms with Gasteiger partial charge in [-0.25, -0.2) is 13.6 Å². The molecule has 0 fully saturated rings. The van der Waals surface area contributed by atoms with Crippen LogP contribution in [0.5, 0.6) is 0 Å². The van der Waals surface area contributed by atoms with Gasteiger partial charge in [-0.1, -0.05) is 15.9 Å². The molecule has 1 aromatic heterocycles. The van der Waals surface area contributed by atoms with Crippen molar-refractivity contribution in [2.45, 2.75) is 31.5 Å². The van der Waals surface area contributed by atoms with Gasteiger partial charge in [0.1, 0.15) is 0 Å².